The van der Waals surface area contributed by atoms with Crippen molar-refractivity contribution in [2.45, 2.75) is 57.5 Å². The first-order chi connectivity index (χ1) is 16.0. The van der Waals surface area contributed by atoms with E-state index in [1.54, 1.807) is 6.07 Å². The maximum atomic E-state index is 14.5. The molecular weight excluding hydrogens is 425 g/mol. The third-order valence-electron chi connectivity index (χ3n) is 5.91. The van der Waals surface area contributed by atoms with Gasteiger partial charge in [0.15, 0.2) is 17.0 Å². The Bertz CT molecular complexity index is 1330. The summed E-state index contributed by atoms with van der Waals surface area (Å²) < 4.78 is 27.7. The maximum absolute atomic E-state index is 14.5. The normalized spacial score (nSPS) is 18.5. The summed E-state index contributed by atoms with van der Waals surface area (Å²) in [5, 5.41) is 13.0. The number of fused-ring (bicyclic) bond motifs is 1. The van der Waals surface area contributed by atoms with E-state index in [1.165, 1.54) is 29.4 Å². The van der Waals surface area contributed by atoms with E-state index in [2.05, 4.69) is 25.1 Å². The van der Waals surface area contributed by atoms with Gasteiger partial charge in [0.1, 0.15) is 24.6 Å². The molecule has 3 heterocycles. The molecule has 168 valence electrons. The van der Waals surface area contributed by atoms with Crippen LogP contribution in [-0.4, -0.2) is 35.8 Å². The van der Waals surface area contributed by atoms with Crippen LogP contribution in [0.2, 0.25) is 0 Å². The lowest BCUT2D eigenvalue weighted by Crippen LogP contribution is -2.24. The number of nitrogens with zero attached hydrogens (tertiary/aromatic N) is 7. The molecule has 1 fully saturated rings. The first-order valence-corrected chi connectivity index (χ1v) is 10.9. The number of rotatable bonds is 5. The minimum Gasteiger partial charge on any atom is -0.473 e. The number of benzene rings is 1. The van der Waals surface area contributed by atoms with Gasteiger partial charge in [-0.1, -0.05) is 19.0 Å². The molecule has 0 unspecified atom stereocenters. The van der Waals surface area contributed by atoms with Gasteiger partial charge in [-0.2, -0.15) is 15.2 Å². The van der Waals surface area contributed by atoms with Crippen molar-refractivity contribution in [1.82, 2.24) is 29.7 Å². The lowest BCUT2D eigenvalue weighted by Gasteiger charge is -2.26. The maximum Gasteiger partial charge on any atom is 0.245 e. The SMILES string of the molecule is CC(C)c1noc(C2CCC(Oc3ncnc4c3ncn4-c3ccc(C#N)cc3F)CC2)n1. The molecule has 1 aromatic carbocycles. The van der Waals surface area contributed by atoms with Crippen LogP contribution in [0, 0.1) is 17.1 Å². The van der Waals surface area contributed by atoms with Crippen LogP contribution in [0.25, 0.3) is 16.9 Å². The summed E-state index contributed by atoms with van der Waals surface area (Å²) in [6, 6.07) is 6.19. The van der Waals surface area contributed by atoms with Gasteiger partial charge >= 0.3 is 0 Å². The second-order valence-electron chi connectivity index (χ2n) is 8.48. The van der Waals surface area contributed by atoms with Gasteiger partial charge in [-0.15, -0.1) is 0 Å². The lowest BCUT2D eigenvalue weighted by molar-refractivity contribution is 0.135. The Morgan fingerprint density at radius 1 is 1.18 bits per heavy atom. The Balaban J connectivity index is 1.32. The number of nitriles is 1. The van der Waals surface area contributed by atoms with Gasteiger partial charge in [0.25, 0.3) is 0 Å². The lowest BCUT2D eigenvalue weighted by atomic mass is 9.87. The van der Waals surface area contributed by atoms with E-state index in [0.29, 0.717) is 22.9 Å². The zero-order chi connectivity index (χ0) is 22.9. The highest BCUT2D eigenvalue weighted by Crippen LogP contribution is 2.35. The number of halogens is 1. The number of hydrogen-bond donors (Lipinski definition) is 0. The molecule has 0 spiro atoms. The molecule has 0 bridgehead atoms. The molecule has 0 aliphatic heterocycles. The summed E-state index contributed by atoms with van der Waals surface area (Å²) in [5.74, 6) is 1.74. The van der Waals surface area contributed by atoms with Crippen LogP contribution in [0.15, 0.2) is 35.4 Å². The smallest absolute Gasteiger partial charge is 0.245 e. The average Bonchev–Trinajstić information content (AvgIpc) is 3.48. The number of ether oxygens (including phenoxy) is 1. The fourth-order valence-corrected chi connectivity index (χ4v) is 4.08. The Kier molecular flexibility index (Phi) is 5.46. The highest BCUT2D eigenvalue weighted by Gasteiger charge is 2.29. The molecule has 0 atom stereocenters. The van der Waals surface area contributed by atoms with E-state index in [0.717, 1.165) is 31.5 Å². The molecule has 1 saturated carbocycles. The van der Waals surface area contributed by atoms with Crippen molar-refractivity contribution in [3.8, 4) is 17.6 Å². The minimum atomic E-state index is -0.533. The molecule has 4 aromatic rings. The van der Waals surface area contributed by atoms with Gasteiger partial charge in [-0.3, -0.25) is 4.57 Å². The zero-order valence-electron chi connectivity index (χ0n) is 18.3. The number of imidazole rings is 1. The van der Waals surface area contributed by atoms with Gasteiger partial charge < -0.3 is 9.26 Å². The summed E-state index contributed by atoms with van der Waals surface area (Å²) in [6.07, 6.45) is 6.24. The Labute approximate surface area is 189 Å². The van der Waals surface area contributed by atoms with Crippen LogP contribution in [0.5, 0.6) is 5.88 Å². The molecule has 0 amide bonds. The third-order valence-corrected chi connectivity index (χ3v) is 5.91. The summed E-state index contributed by atoms with van der Waals surface area (Å²) >= 11 is 0. The fraction of sp³-hybridized carbons (Fsp3) is 0.391. The molecule has 3 aromatic heterocycles. The van der Waals surface area contributed by atoms with Crippen molar-refractivity contribution in [3.05, 3.63) is 53.9 Å². The first kappa shape index (κ1) is 21.0. The van der Waals surface area contributed by atoms with E-state index in [1.807, 2.05) is 19.9 Å². The molecular formula is C23H22FN7O2. The van der Waals surface area contributed by atoms with Crippen molar-refractivity contribution in [3.63, 3.8) is 0 Å². The van der Waals surface area contributed by atoms with Gasteiger partial charge in [-0.25, -0.2) is 14.4 Å². The predicted octanol–water partition coefficient (Wildman–Crippen LogP) is 4.44. The zero-order valence-corrected chi connectivity index (χ0v) is 18.3. The van der Waals surface area contributed by atoms with E-state index in [4.69, 9.17) is 14.5 Å². The van der Waals surface area contributed by atoms with E-state index < -0.39 is 5.82 Å². The van der Waals surface area contributed by atoms with Crippen molar-refractivity contribution in [1.29, 1.82) is 5.26 Å². The van der Waals surface area contributed by atoms with Crippen molar-refractivity contribution in [2.24, 2.45) is 0 Å². The van der Waals surface area contributed by atoms with Crippen molar-refractivity contribution in [2.75, 3.05) is 0 Å². The number of aromatic nitrogens is 6. The van der Waals surface area contributed by atoms with Crippen LogP contribution < -0.4 is 4.74 Å². The van der Waals surface area contributed by atoms with E-state index >= 15 is 0 Å². The standard InChI is InChI=1S/C23H22FN7O2/c1-13(2)20-29-22(33-30-20)15-4-6-16(7-5-15)32-23-19-21(26-11-27-23)31(12-28-19)18-8-3-14(10-25)9-17(18)24/h3,8-9,11-13,15-16H,4-7H2,1-2H3. The van der Waals surface area contributed by atoms with Gasteiger partial charge in [-0.05, 0) is 43.9 Å². The highest BCUT2D eigenvalue weighted by atomic mass is 19.1. The molecule has 0 N–H and O–H groups in total. The quantitative estimate of drug-likeness (QED) is 0.441. The minimum absolute atomic E-state index is 0.0244. The van der Waals surface area contributed by atoms with Gasteiger partial charge in [0.2, 0.25) is 11.8 Å². The third kappa shape index (κ3) is 4.02. The molecule has 0 radical (unpaired) electrons. The van der Waals surface area contributed by atoms with Crippen LogP contribution in [0.3, 0.4) is 0 Å². The second kappa shape index (κ2) is 8.58. The monoisotopic (exact) mass is 447 g/mol. The molecule has 1 aliphatic rings. The van der Waals surface area contributed by atoms with Crippen LogP contribution in [-0.2, 0) is 0 Å². The molecule has 1 aliphatic carbocycles. The molecule has 10 heteroatoms. The second-order valence-corrected chi connectivity index (χ2v) is 8.48. The Morgan fingerprint density at radius 2 is 2.00 bits per heavy atom. The fourth-order valence-electron chi connectivity index (χ4n) is 4.08. The molecule has 33 heavy (non-hydrogen) atoms. The van der Waals surface area contributed by atoms with Crippen LogP contribution >= 0.6 is 0 Å². The molecule has 5 rings (SSSR count). The number of hydrogen-bond acceptors (Lipinski definition) is 8. The summed E-state index contributed by atoms with van der Waals surface area (Å²) in [5.41, 5.74) is 1.39. The summed E-state index contributed by atoms with van der Waals surface area (Å²) in [7, 11) is 0. The topological polar surface area (TPSA) is 116 Å². The first-order valence-electron chi connectivity index (χ1n) is 10.9. The largest absolute Gasteiger partial charge is 0.473 e. The summed E-state index contributed by atoms with van der Waals surface area (Å²) in [4.78, 5) is 17.5. The van der Waals surface area contributed by atoms with Gasteiger partial charge in [0, 0.05) is 11.8 Å². The predicted molar refractivity (Wildman–Crippen MR) is 115 cm³/mol. The summed E-state index contributed by atoms with van der Waals surface area (Å²) in [6.45, 7) is 4.08. The van der Waals surface area contributed by atoms with Crippen LogP contribution in [0.1, 0.15) is 68.6 Å². The van der Waals surface area contributed by atoms with Gasteiger partial charge in [0.05, 0.1) is 17.3 Å². The van der Waals surface area contributed by atoms with Crippen LogP contribution in [0.4, 0.5) is 4.39 Å². The highest BCUT2D eigenvalue weighted by molar-refractivity contribution is 5.77. The molecule has 9 nitrogen and oxygen atoms in total. The Morgan fingerprint density at radius 3 is 2.70 bits per heavy atom. The average molecular weight is 447 g/mol. The Hall–Kier alpha value is -3.87. The van der Waals surface area contributed by atoms with Crippen molar-refractivity contribution >= 4 is 11.2 Å². The van der Waals surface area contributed by atoms with E-state index in [-0.39, 0.29) is 29.2 Å². The van der Waals surface area contributed by atoms with Crippen molar-refractivity contribution < 1.29 is 13.7 Å². The molecule has 0 saturated heterocycles. The van der Waals surface area contributed by atoms with E-state index in [9.17, 15) is 4.39 Å².